The fraction of sp³-hybridized carbons (Fsp3) is 0.444. The number of rotatable bonds is 5. The number of carbonyl (C=O) groups is 1. The van der Waals surface area contributed by atoms with Gasteiger partial charge in [-0.05, 0) is 11.4 Å². The molecule has 17 heavy (non-hydrogen) atoms. The quantitative estimate of drug-likeness (QED) is 0.862. The third kappa shape index (κ3) is 4.45. The first-order chi connectivity index (χ1) is 7.50. The fourth-order valence-electron chi connectivity index (χ4n) is 0.986. The van der Waals surface area contributed by atoms with Gasteiger partial charge in [0, 0.05) is 0 Å². The maximum atomic E-state index is 12.8. The molecule has 1 rings (SSSR count). The third-order valence-electron chi connectivity index (χ3n) is 1.86. The number of carbonyl (C=O) groups excluding carboxylic acids is 1. The van der Waals surface area contributed by atoms with Crippen LogP contribution in [0.15, 0.2) is 11.4 Å². The summed E-state index contributed by atoms with van der Waals surface area (Å²) in [6.07, 6.45) is 0. The van der Waals surface area contributed by atoms with Crippen LogP contribution in [0.5, 0.6) is 5.75 Å². The molecule has 0 aliphatic heterocycles. The number of ether oxygens (including phenoxy) is 1. The average Bonchev–Trinajstić information content (AvgIpc) is 2.74. The largest absolute Gasteiger partial charge is 0.495 e. The van der Waals surface area contributed by atoms with Crippen molar-refractivity contribution in [1.82, 2.24) is 5.32 Å². The number of nitrogens with two attached hydrogens (primary N) is 1. The minimum absolute atomic E-state index is 0. The molecule has 98 valence electrons. The zero-order chi connectivity index (χ0) is 12.2. The second-order valence-corrected chi connectivity index (χ2v) is 3.98. The van der Waals surface area contributed by atoms with E-state index in [0.717, 1.165) is 11.3 Å². The van der Waals surface area contributed by atoms with Crippen LogP contribution in [0.25, 0.3) is 0 Å². The van der Waals surface area contributed by atoms with Gasteiger partial charge in [0.15, 0.2) is 0 Å². The van der Waals surface area contributed by atoms with Crippen LogP contribution >= 0.6 is 23.7 Å². The summed E-state index contributed by atoms with van der Waals surface area (Å²) in [4.78, 5) is 11.8. The number of hydrogen-bond donors (Lipinski definition) is 2. The van der Waals surface area contributed by atoms with Crippen molar-refractivity contribution in [3.05, 3.63) is 16.3 Å². The number of methoxy groups -OCH3 is 1. The first kappa shape index (κ1) is 16.1. The SMILES string of the molecule is COc1ccsc1C(=O)NCC(F)(F)CN.Cl. The summed E-state index contributed by atoms with van der Waals surface area (Å²) >= 11 is 1.13. The molecule has 1 amide bonds. The molecule has 4 nitrogen and oxygen atoms in total. The van der Waals surface area contributed by atoms with Gasteiger partial charge in [0.2, 0.25) is 0 Å². The zero-order valence-electron chi connectivity index (χ0n) is 9.04. The minimum Gasteiger partial charge on any atom is -0.495 e. The van der Waals surface area contributed by atoms with Gasteiger partial charge in [0.05, 0.1) is 20.2 Å². The fourth-order valence-corrected chi connectivity index (χ4v) is 1.76. The van der Waals surface area contributed by atoms with Gasteiger partial charge >= 0.3 is 0 Å². The summed E-state index contributed by atoms with van der Waals surface area (Å²) in [5, 5.41) is 3.76. The van der Waals surface area contributed by atoms with Gasteiger partial charge in [0.1, 0.15) is 10.6 Å². The Morgan fingerprint density at radius 2 is 2.29 bits per heavy atom. The molecule has 0 saturated carbocycles. The Hall–Kier alpha value is -0.920. The van der Waals surface area contributed by atoms with Crippen molar-refractivity contribution < 1.29 is 18.3 Å². The van der Waals surface area contributed by atoms with Crippen LogP contribution in [0.1, 0.15) is 9.67 Å². The first-order valence-electron chi connectivity index (χ1n) is 4.48. The molecule has 1 heterocycles. The third-order valence-corrected chi connectivity index (χ3v) is 2.76. The predicted molar refractivity (Wildman–Crippen MR) is 64.5 cm³/mol. The zero-order valence-corrected chi connectivity index (χ0v) is 10.7. The lowest BCUT2D eigenvalue weighted by atomic mass is 10.3. The molecule has 0 fully saturated rings. The highest BCUT2D eigenvalue weighted by atomic mass is 35.5. The summed E-state index contributed by atoms with van der Waals surface area (Å²) in [6.45, 7) is -1.57. The molecular formula is C9H13ClF2N2O2S. The second-order valence-electron chi connectivity index (χ2n) is 3.06. The Bertz CT molecular complexity index is 374. The molecular weight excluding hydrogens is 274 g/mol. The molecule has 0 bridgehead atoms. The maximum Gasteiger partial charge on any atom is 0.277 e. The maximum absolute atomic E-state index is 12.8. The summed E-state index contributed by atoms with van der Waals surface area (Å²) in [5.41, 5.74) is 4.84. The summed E-state index contributed by atoms with van der Waals surface area (Å²) in [7, 11) is 1.41. The van der Waals surface area contributed by atoms with E-state index in [1.165, 1.54) is 7.11 Å². The highest BCUT2D eigenvalue weighted by molar-refractivity contribution is 7.12. The molecule has 8 heteroatoms. The average molecular weight is 287 g/mol. The van der Waals surface area contributed by atoms with Gasteiger partial charge in [0.25, 0.3) is 11.8 Å². The monoisotopic (exact) mass is 286 g/mol. The van der Waals surface area contributed by atoms with E-state index >= 15 is 0 Å². The Kier molecular flexibility index (Phi) is 6.36. The first-order valence-corrected chi connectivity index (χ1v) is 5.35. The van der Waals surface area contributed by atoms with Crippen LogP contribution in [-0.4, -0.2) is 32.0 Å². The van der Waals surface area contributed by atoms with Crippen molar-refractivity contribution in [3.8, 4) is 5.75 Å². The highest BCUT2D eigenvalue weighted by Crippen LogP contribution is 2.24. The topological polar surface area (TPSA) is 64.3 Å². The van der Waals surface area contributed by atoms with Crippen LogP contribution in [0.4, 0.5) is 8.78 Å². The molecule has 0 aliphatic rings. The smallest absolute Gasteiger partial charge is 0.277 e. The summed E-state index contributed by atoms with van der Waals surface area (Å²) in [5.74, 6) is -3.29. The van der Waals surface area contributed by atoms with Gasteiger partial charge in [-0.1, -0.05) is 0 Å². The van der Waals surface area contributed by atoms with Crippen molar-refractivity contribution in [2.24, 2.45) is 5.73 Å². The molecule has 0 aliphatic carbocycles. The number of amides is 1. The number of nitrogens with one attached hydrogen (secondary N) is 1. The highest BCUT2D eigenvalue weighted by Gasteiger charge is 2.28. The molecule has 0 aromatic carbocycles. The van der Waals surface area contributed by atoms with E-state index in [1.807, 2.05) is 0 Å². The van der Waals surface area contributed by atoms with Crippen molar-refractivity contribution >= 4 is 29.7 Å². The second kappa shape index (κ2) is 6.73. The van der Waals surface area contributed by atoms with E-state index in [2.05, 4.69) is 5.32 Å². The summed E-state index contributed by atoms with van der Waals surface area (Å²) < 4.78 is 30.4. The number of alkyl halides is 2. The molecule has 1 aromatic heterocycles. The van der Waals surface area contributed by atoms with Gasteiger partial charge in [-0.15, -0.1) is 23.7 Å². The lowest BCUT2D eigenvalue weighted by Crippen LogP contribution is -2.41. The van der Waals surface area contributed by atoms with Crippen molar-refractivity contribution in [2.45, 2.75) is 5.92 Å². The van der Waals surface area contributed by atoms with E-state index in [-0.39, 0.29) is 17.3 Å². The number of hydrogen-bond acceptors (Lipinski definition) is 4. The summed E-state index contributed by atoms with van der Waals surface area (Å²) in [6, 6.07) is 1.60. The normalized spacial score (nSPS) is 10.6. The lowest BCUT2D eigenvalue weighted by Gasteiger charge is -2.14. The van der Waals surface area contributed by atoms with E-state index in [4.69, 9.17) is 10.5 Å². The predicted octanol–water partition coefficient (Wildman–Crippen LogP) is 1.50. The van der Waals surface area contributed by atoms with Crippen molar-refractivity contribution in [1.29, 1.82) is 0 Å². The number of thiophene rings is 1. The Labute approximate surface area is 108 Å². The molecule has 0 atom stereocenters. The van der Waals surface area contributed by atoms with Gasteiger partial charge in [-0.3, -0.25) is 4.79 Å². The Morgan fingerprint density at radius 1 is 1.65 bits per heavy atom. The van der Waals surface area contributed by atoms with Crippen LogP contribution in [0.2, 0.25) is 0 Å². The molecule has 0 saturated heterocycles. The Balaban J connectivity index is 0.00000256. The van der Waals surface area contributed by atoms with Crippen LogP contribution in [0.3, 0.4) is 0 Å². The van der Waals surface area contributed by atoms with E-state index < -0.39 is 24.9 Å². The van der Waals surface area contributed by atoms with Crippen LogP contribution in [0, 0.1) is 0 Å². The van der Waals surface area contributed by atoms with Crippen LogP contribution < -0.4 is 15.8 Å². The van der Waals surface area contributed by atoms with E-state index in [0.29, 0.717) is 5.75 Å². The lowest BCUT2D eigenvalue weighted by molar-refractivity contribution is 0.0119. The molecule has 0 unspecified atom stereocenters. The molecule has 0 spiro atoms. The molecule has 1 aromatic rings. The minimum atomic E-state index is -3.08. The van der Waals surface area contributed by atoms with Gasteiger partial charge in [-0.2, -0.15) is 0 Å². The van der Waals surface area contributed by atoms with Gasteiger partial charge in [-0.25, -0.2) is 8.78 Å². The van der Waals surface area contributed by atoms with E-state index in [9.17, 15) is 13.6 Å². The molecule has 0 radical (unpaired) electrons. The Morgan fingerprint density at radius 3 is 2.82 bits per heavy atom. The van der Waals surface area contributed by atoms with E-state index in [1.54, 1.807) is 11.4 Å². The number of halogens is 3. The molecule has 3 N–H and O–H groups in total. The van der Waals surface area contributed by atoms with Gasteiger partial charge < -0.3 is 15.8 Å². The van der Waals surface area contributed by atoms with Crippen molar-refractivity contribution in [3.63, 3.8) is 0 Å². The standard InChI is InChI=1S/C9H12F2N2O2S.ClH/c1-15-6-2-3-16-7(6)8(14)13-5-9(10,11)4-12;/h2-3H,4-5,12H2,1H3,(H,13,14);1H. The van der Waals surface area contributed by atoms with Crippen LogP contribution in [-0.2, 0) is 0 Å². The van der Waals surface area contributed by atoms with Crippen molar-refractivity contribution in [2.75, 3.05) is 20.2 Å².